The van der Waals surface area contributed by atoms with Gasteiger partial charge in [0.1, 0.15) is 0 Å². The first-order chi connectivity index (χ1) is 7.16. The molecule has 0 N–H and O–H groups in total. The predicted molar refractivity (Wildman–Crippen MR) is 65.1 cm³/mol. The molecule has 0 bridgehead atoms. The fourth-order valence-electron chi connectivity index (χ4n) is 2.03. The Balaban J connectivity index is 2.40. The number of unbranched alkanes of at least 4 members (excludes halogenated alkanes) is 3. The third-order valence-electron chi connectivity index (χ3n) is 3.29. The molecule has 0 aliphatic rings. The van der Waals surface area contributed by atoms with Crippen molar-refractivity contribution < 1.29 is 0 Å². The fraction of sp³-hybridized carbons (Fsp3) is 0.769. The molecule has 0 aliphatic heterocycles. The number of hydrogen-bond donors (Lipinski definition) is 0. The molecule has 1 atom stereocenters. The van der Waals surface area contributed by atoms with Crippen LogP contribution in [0.2, 0.25) is 0 Å². The van der Waals surface area contributed by atoms with E-state index in [1.807, 2.05) is 17.9 Å². The van der Waals surface area contributed by atoms with Crippen molar-refractivity contribution in [3.05, 3.63) is 17.5 Å². The maximum absolute atomic E-state index is 4.30. The highest BCUT2D eigenvalue weighted by atomic mass is 15.3. The molecule has 0 aliphatic carbocycles. The van der Waals surface area contributed by atoms with E-state index in [-0.39, 0.29) is 0 Å². The highest BCUT2D eigenvalue weighted by Gasteiger charge is 2.11. The molecule has 2 nitrogen and oxygen atoms in total. The molecule has 1 aromatic rings. The van der Waals surface area contributed by atoms with Gasteiger partial charge in [-0.2, -0.15) is 5.10 Å². The van der Waals surface area contributed by atoms with Crippen LogP contribution in [0.15, 0.2) is 6.20 Å². The average Bonchev–Trinajstić information content (AvgIpc) is 2.55. The normalized spacial score (nSPS) is 13.1. The zero-order valence-corrected chi connectivity index (χ0v) is 10.6. The molecule has 0 aromatic carbocycles. The van der Waals surface area contributed by atoms with Crippen molar-refractivity contribution in [1.82, 2.24) is 9.78 Å². The van der Waals surface area contributed by atoms with E-state index in [2.05, 4.69) is 25.9 Å². The van der Waals surface area contributed by atoms with Crippen LogP contribution in [0, 0.1) is 6.92 Å². The molecule has 0 amide bonds. The van der Waals surface area contributed by atoms with Gasteiger partial charge in [-0.15, -0.1) is 0 Å². The van der Waals surface area contributed by atoms with Crippen LogP contribution in [0.4, 0.5) is 0 Å². The molecular weight excluding hydrogens is 184 g/mol. The Labute approximate surface area is 93.7 Å². The third kappa shape index (κ3) is 3.37. The lowest BCUT2D eigenvalue weighted by molar-refractivity contribution is 0.577. The van der Waals surface area contributed by atoms with Gasteiger partial charge in [0.2, 0.25) is 0 Å². The van der Waals surface area contributed by atoms with Gasteiger partial charge in [0, 0.05) is 12.7 Å². The van der Waals surface area contributed by atoms with E-state index in [0.717, 1.165) is 0 Å². The summed E-state index contributed by atoms with van der Waals surface area (Å²) in [4.78, 5) is 0. The molecule has 15 heavy (non-hydrogen) atoms. The first kappa shape index (κ1) is 12.3. The monoisotopic (exact) mass is 208 g/mol. The van der Waals surface area contributed by atoms with Crippen molar-refractivity contribution >= 4 is 0 Å². The summed E-state index contributed by atoms with van der Waals surface area (Å²) >= 11 is 0. The van der Waals surface area contributed by atoms with Crippen LogP contribution in [-0.4, -0.2) is 9.78 Å². The van der Waals surface area contributed by atoms with Gasteiger partial charge in [-0.1, -0.05) is 39.5 Å². The summed E-state index contributed by atoms with van der Waals surface area (Å²) in [6, 6.07) is 0. The van der Waals surface area contributed by atoms with E-state index < -0.39 is 0 Å². The number of aromatic nitrogens is 2. The quantitative estimate of drug-likeness (QED) is 0.650. The van der Waals surface area contributed by atoms with Crippen molar-refractivity contribution in [3.63, 3.8) is 0 Å². The molecule has 1 aromatic heterocycles. The molecule has 0 radical (unpaired) electrons. The summed E-state index contributed by atoms with van der Waals surface area (Å²) < 4.78 is 1.97. The van der Waals surface area contributed by atoms with Crippen LogP contribution in [0.5, 0.6) is 0 Å². The van der Waals surface area contributed by atoms with Crippen molar-refractivity contribution in [1.29, 1.82) is 0 Å². The Bertz CT molecular complexity index is 289. The Kier molecular flexibility index (Phi) is 4.86. The summed E-state index contributed by atoms with van der Waals surface area (Å²) in [6.45, 7) is 6.73. The fourth-order valence-corrected chi connectivity index (χ4v) is 2.03. The minimum atomic E-state index is 0.663. The van der Waals surface area contributed by atoms with Gasteiger partial charge in [0.05, 0.1) is 6.20 Å². The smallest absolute Gasteiger partial charge is 0.0527 e. The second-order valence-corrected chi connectivity index (χ2v) is 4.56. The second-order valence-electron chi connectivity index (χ2n) is 4.56. The molecule has 0 saturated carbocycles. The van der Waals surface area contributed by atoms with Crippen LogP contribution in [0.3, 0.4) is 0 Å². The maximum atomic E-state index is 4.30. The first-order valence-electron chi connectivity index (χ1n) is 6.15. The summed E-state index contributed by atoms with van der Waals surface area (Å²) in [7, 11) is 2.02. The molecule has 1 unspecified atom stereocenters. The van der Waals surface area contributed by atoms with Crippen molar-refractivity contribution in [2.45, 2.75) is 58.8 Å². The van der Waals surface area contributed by atoms with E-state index in [0.29, 0.717) is 5.92 Å². The predicted octanol–water partition coefficient (Wildman–Crippen LogP) is 3.80. The van der Waals surface area contributed by atoms with E-state index in [1.165, 1.54) is 43.4 Å². The van der Waals surface area contributed by atoms with E-state index in [9.17, 15) is 0 Å². The number of aryl methyl sites for hydroxylation is 1. The summed E-state index contributed by atoms with van der Waals surface area (Å²) in [5.74, 6) is 0.663. The Morgan fingerprint density at radius 3 is 2.60 bits per heavy atom. The third-order valence-corrected chi connectivity index (χ3v) is 3.29. The van der Waals surface area contributed by atoms with Crippen molar-refractivity contribution in [2.75, 3.05) is 0 Å². The molecule has 1 heterocycles. The first-order valence-corrected chi connectivity index (χ1v) is 6.15. The lowest BCUT2D eigenvalue weighted by Gasteiger charge is -2.10. The summed E-state index contributed by atoms with van der Waals surface area (Å²) in [5.41, 5.74) is 2.74. The molecule has 86 valence electrons. The largest absolute Gasteiger partial charge is 0.273 e. The lowest BCUT2D eigenvalue weighted by Crippen LogP contribution is -1.98. The Morgan fingerprint density at radius 2 is 2.07 bits per heavy atom. The van der Waals surface area contributed by atoms with Gasteiger partial charge in [0.25, 0.3) is 0 Å². The van der Waals surface area contributed by atoms with Crippen LogP contribution < -0.4 is 0 Å². The standard InChI is InChI=1S/C13H24N2/c1-5-6-7-8-9-11(2)13-10-14-15(4)12(13)3/h10-11H,5-9H2,1-4H3. The SMILES string of the molecule is CCCCCCC(C)c1cnn(C)c1C. The molecule has 2 heteroatoms. The van der Waals surface area contributed by atoms with Crippen LogP contribution in [-0.2, 0) is 7.05 Å². The van der Waals surface area contributed by atoms with Gasteiger partial charge in [-0.05, 0) is 24.8 Å². The van der Waals surface area contributed by atoms with Gasteiger partial charge >= 0.3 is 0 Å². The maximum Gasteiger partial charge on any atom is 0.0527 e. The topological polar surface area (TPSA) is 17.8 Å². The van der Waals surface area contributed by atoms with Gasteiger partial charge in [-0.25, -0.2) is 0 Å². The van der Waals surface area contributed by atoms with Crippen LogP contribution in [0.25, 0.3) is 0 Å². The van der Waals surface area contributed by atoms with Crippen molar-refractivity contribution in [2.24, 2.45) is 7.05 Å². The number of rotatable bonds is 6. The number of hydrogen-bond acceptors (Lipinski definition) is 1. The van der Waals surface area contributed by atoms with E-state index in [1.54, 1.807) is 0 Å². The average molecular weight is 208 g/mol. The molecule has 0 spiro atoms. The van der Waals surface area contributed by atoms with Crippen LogP contribution in [0.1, 0.15) is 63.1 Å². The minimum absolute atomic E-state index is 0.663. The lowest BCUT2D eigenvalue weighted by atomic mass is 9.95. The molecule has 1 rings (SSSR count). The van der Waals surface area contributed by atoms with E-state index in [4.69, 9.17) is 0 Å². The number of nitrogens with zero attached hydrogens (tertiary/aromatic N) is 2. The van der Waals surface area contributed by atoms with Crippen LogP contribution >= 0.6 is 0 Å². The van der Waals surface area contributed by atoms with E-state index >= 15 is 0 Å². The Hall–Kier alpha value is -0.790. The highest BCUT2D eigenvalue weighted by molar-refractivity contribution is 5.20. The zero-order chi connectivity index (χ0) is 11.3. The van der Waals surface area contributed by atoms with Gasteiger partial charge in [-0.3, -0.25) is 4.68 Å². The molecule has 0 saturated heterocycles. The second kappa shape index (κ2) is 5.94. The molecular formula is C13H24N2. The van der Waals surface area contributed by atoms with Gasteiger partial charge in [0.15, 0.2) is 0 Å². The van der Waals surface area contributed by atoms with Crippen molar-refractivity contribution in [3.8, 4) is 0 Å². The summed E-state index contributed by atoms with van der Waals surface area (Å²) in [6.07, 6.45) is 8.74. The summed E-state index contributed by atoms with van der Waals surface area (Å²) in [5, 5.41) is 4.30. The van der Waals surface area contributed by atoms with Gasteiger partial charge < -0.3 is 0 Å². The minimum Gasteiger partial charge on any atom is -0.273 e. The highest BCUT2D eigenvalue weighted by Crippen LogP contribution is 2.24. The zero-order valence-electron chi connectivity index (χ0n) is 10.6. The Morgan fingerprint density at radius 1 is 1.33 bits per heavy atom. The molecule has 0 fully saturated rings.